The lowest BCUT2D eigenvalue weighted by Crippen LogP contribution is -2.29. The summed E-state index contributed by atoms with van der Waals surface area (Å²) >= 11 is 1.53. The highest BCUT2D eigenvalue weighted by Crippen LogP contribution is 2.27. The maximum Gasteiger partial charge on any atom is 0.261 e. The molecule has 174 valence electrons. The Balaban J connectivity index is 1.48. The third kappa shape index (κ3) is 6.39. The van der Waals surface area contributed by atoms with E-state index in [1.165, 1.54) is 16.9 Å². The number of nitrogens with zero attached hydrogens (tertiary/aromatic N) is 2. The van der Waals surface area contributed by atoms with E-state index in [0.717, 1.165) is 47.1 Å². The Morgan fingerprint density at radius 2 is 2.15 bits per heavy atom. The molecule has 0 bridgehead atoms. The predicted molar refractivity (Wildman–Crippen MR) is 140 cm³/mol. The maximum atomic E-state index is 12.7. The molecule has 1 aromatic heterocycles. The standard InChI is InChI=1S/C26H33N5OS/c1-26(2,3)20-7-6-8-21(14-20)31-25-28-11-5-4-9-22-19(17-30-25)13-23(33-22)24(32)29-16-18-10-12-27-15-18/h4,6-9,11,13-14,18,27H,5,10,12,15-17H2,1-3H3,(H,29,32)(H,30,31)/b9-4-,28-11-. The monoisotopic (exact) mass is 463 g/mol. The van der Waals surface area contributed by atoms with E-state index in [1.807, 2.05) is 18.3 Å². The van der Waals surface area contributed by atoms with Gasteiger partial charge >= 0.3 is 0 Å². The second-order valence-electron chi connectivity index (χ2n) is 9.61. The lowest BCUT2D eigenvalue weighted by Gasteiger charge is -2.20. The van der Waals surface area contributed by atoms with Crippen molar-refractivity contribution in [2.24, 2.45) is 15.9 Å². The van der Waals surface area contributed by atoms with Gasteiger partial charge in [-0.3, -0.25) is 4.79 Å². The molecule has 2 aliphatic rings. The molecule has 0 radical (unpaired) electrons. The van der Waals surface area contributed by atoms with Crippen LogP contribution in [0.3, 0.4) is 0 Å². The number of allylic oxidation sites excluding steroid dienone is 1. The van der Waals surface area contributed by atoms with E-state index in [2.05, 4.69) is 72.1 Å². The van der Waals surface area contributed by atoms with Crippen LogP contribution in [-0.4, -0.2) is 37.7 Å². The zero-order chi connectivity index (χ0) is 23.3. The first-order valence-corrected chi connectivity index (χ1v) is 12.4. The second kappa shape index (κ2) is 10.4. The van der Waals surface area contributed by atoms with Gasteiger partial charge in [-0.15, -0.1) is 11.3 Å². The third-order valence-corrected chi connectivity index (χ3v) is 7.03. The maximum absolute atomic E-state index is 12.7. The number of thiophene rings is 1. The number of hydrogen-bond donors (Lipinski definition) is 3. The van der Waals surface area contributed by atoms with Gasteiger partial charge in [-0.25, -0.2) is 9.98 Å². The molecule has 1 saturated heterocycles. The lowest BCUT2D eigenvalue weighted by atomic mass is 9.87. The fourth-order valence-electron chi connectivity index (χ4n) is 3.87. The number of guanidine groups is 1. The molecule has 1 aromatic carbocycles. The highest BCUT2D eigenvalue weighted by Gasteiger charge is 2.18. The Morgan fingerprint density at radius 3 is 2.94 bits per heavy atom. The molecule has 1 fully saturated rings. The van der Waals surface area contributed by atoms with E-state index < -0.39 is 0 Å². The van der Waals surface area contributed by atoms with Gasteiger partial charge in [0.2, 0.25) is 5.96 Å². The summed E-state index contributed by atoms with van der Waals surface area (Å²) in [4.78, 5) is 23.8. The summed E-state index contributed by atoms with van der Waals surface area (Å²) in [5, 5.41) is 9.81. The molecule has 0 saturated carbocycles. The van der Waals surface area contributed by atoms with E-state index in [0.29, 0.717) is 24.8 Å². The Labute approximate surface area is 200 Å². The number of nitrogens with one attached hydrogen (secondary N) is 3. The number of hydrogen-bond acceptors (Lipinski definition) is 6. The number of aliphatic imine (C=N–C) groups is 2. The van der Waals surface area contributed by atoms with Crippen LogP contribution in [0.2, 0.25) is 0 Å². The summed E-state index contributed by atoms with van der Waals surface area (Å²) in [6, 6.07) is 10.3. The van der Waals surface area contributed by atoms with Crippen molar-refractivity contribution in [1.29, 1.82) is 0 Å². The fraction of sp³-hybridized carbons (Fsp3) is 0.423. The minimum Gasteiger partial charge on any atom is -0.351 e. The van der Waals surface area contributed by atoms with E-state index in [4.69, 9.17) is 4.99 Å². The molecule has 3 heterocycles. The number of benzene rings is 1. The Kier molecular flexibility index (Phi) is 7.40. The first-order chi connectivity index (χ1) is 15.9. The van der Waals surface area contributed by atoms with Gasteiger partial charge in [0.1, 0.15) is 0 Å². The average molecular weight is 464 g/mol. The van der Waals surface area contributed by atoms with Crippen molar-refractivity contribution in [3.05, 3.63) is 57.3 Å². The highest BCUT2D eigenvalue weighted by molar-refractivity contribution is 7.15. The molecule has 4 rings (SSSR count). The number of amides is 1. The average Bonchev–Trinajstić information content (AvgIpc) is 3.45. The molecule has 1 unspecified atom stereocenters. The van der Waals surface area contributed by atoms with Crippen molar-refractivity contribution in [3.63, 3.8) is 0 Å². The zero-order valence-electron chi connectivity index (χ0n) is 19.6. The van der Waals surface area contributed by atoms with Gasteiger partial charge in [0.05, 0.1) is 11.4 Å². The minimum atomic E-state index is 0.000227. The van der Waals surface area contributed by atoms with Crippen molar-refractivity contribution in [3.8, 4) is 0 Å². The van der Waals surface area contributed by atoms with Gasteiger partial charge in [-0.05, 0) is 66.2 Å². The minimum absolute atomic E-state index is 0.000227. The van der Waals surface area contributed by atoms with Crippen molar-refractivity contribution >= 4 is 41.2 Å². The summed E-state index contributed by atoms with van der Waals surface area (Å²) < 4.78 is 0. The molecule has 0 spiro atoms. The van der Waals surface area contributed by atoms with Crippen LogP contribution in [0, 0.1) is 5.92 Å². The van der Waals surface area contributed by atoms with Crippen LogP contribution in [0.4, 0.5) is 5.69 Å². The van der Waals surface area contributed by atoms with Crippen LogP contribution >= 0.6 is 11.3 Å². The van der Waals surface area contributed by atoms with E-state index >= 15 is 0 Å². The van der Waals surface area contributed by atoms with Gasteiger partial charge in [-0.1, -0.05) is 39.0 Å². The fourth-order valence-corrected chi connectivity index (χ4v) is 4.89. The Hall–Kier alpha value is -2.77. The number of carbonyl (C=O) groups is 1. The van der Waals surface area contributed by atoms with Gasteiger partial charge in [0, 0.05) is 29.7 Å². The van der Waals surface area contributed by atoms with Crippen LogP contribution in [-0.2, 0) is 12.0 Å². The topological polar surface area (TPSA) is 77.9 Å². The number of carbonyl (C=O) groups excluding carboxylic acids is 1. The van der Waals surface area contributed by atoms with Gasteiger partial charge < -0.3 is 16.0 Å². The number of fused-ring (bicyclic) bond motifs is 1. The van der Waals surface area contributed by atoms with Crippen LogP contribution in [0.5, 0.6) is 0 Å². The molecule has 2 aromatic rings. The molecule has 1 amide bonds. The largest absolute Gasteiger partial charge is 0.351 e. The van der Waals surface area contributed by atoms with Crippen molar-refractivity contribution in [2.45, 2.75) is 45.6 Å². The first kappa shape index (κ1) is 23.4. The molecule has 1 atom stereocenters. The van der Waals surface area contributed by atoms with Crippen LogP contribution in [0.1, 0.15) is 59.3 Å². The molecular formula is C26H33N5OS. The summed E-state index contributed by atoms with van der Waals surface area (Å²) in [6.45, 7) is 9.81. The van der Waals surface area contributed by atoms with E-state index in [-0.39, 0.29) is 11.3 Å². The first-order valence-electron chi connectivity index (χ1n) is 11.6. The normalized spacial score (nSPS) is 22.0. The molecular weight excluding hydrogens is 430 g/mol. The smallest absolute Gasteiger partial charge is 0.261 e. The van der Waals surface area contributed by atoms with Gasteiger partial charge in [0.15, 0.2) is 0 Å². The molecule has 7 heteroatoms. The van der Waals surface area contributed by atoms with E-state index in [1.54, 1.807) is 0 Å². The SMILES string of the molecule is CC(C)(C)c1cccc(NC2=N/Cc3cc(C(=O)NCC4CCNC4)sc3/C=C\C/C=N\2)c1. The zero-order valence-corrected chi connectivity index (χ0v) is 20.5. The molecule has 6 nitrogen and oxygen atoms in total. The van der Waals surface area contributed by atoms with Crippen molar-refractivity contribution < 1.29 is 4.79 Å². The van der Waals surface area contributed by atoms with Gasteiger partial charge in [0.25, 0.3) is 5.91 Å². The van der Waals surface area contributed by atoms with Crippen LogP contribution < -0.4 is 16.0 Å². The molecule has 0 aliphatic carbocycles. The number of rotatable bonds is 4. The molecule has 3 N–H and O–H groups in total. The van der Waals surface area contributed by atoms with Gasteiger partial charge in [-0.2, -0.15) is 0 Å². The Morgan fingerprint density at radius 1 is 1.27 bits per heavy atom. The predicted octanol–water partition coefficient (Wildman–Crippen LogP) is 4.84. The summed E-state index contributed by atoms with van der Waals surface area (Å²) in [6.07, 6.45) is 7.83. The molecule has 33 heavy (non-hydrogen) atoms. The third-order valence-electron chi connectivity index (χ3n) is 5.89. The Bertz CT molecular complexity index is 1070. The number of anilines is 1. The summed E-state index contributed by atoms with van der Waals surface area (Å²) in [5.74, 6) is 1.10. The van der Waals surface area contributed by atoms with Crippen LogP contribution in [0.25, 0.3) is 6.08 Å². The molecule has 2 aliphatic heterocycles. The lowest BCUT2D eigenvalue weighted by molar-refractivity contribution is 0.0952. The summed E-state index contributed by atoms with van der Waals surface area (Å²) in [5.41, 5.74) is 3.34. The van der Waals surface area contributed by atoms with Crippen molar-refractivity contribution in [1.82, 2.24) is 10.6 Å². The summed E-state index contributed by atoms with van der Waals surface area (Å²) in [7, 11) is 0. The van der Waals surface area contributed by atoms with E-state index in [9.17, 15) is 4.79 Å². The highest BCUT2D eigenvalue weighted by atomic mass is 32.1. The van der Waals surface area contributed by atoms with Crippen molar-refractivity contribution in [2.75, 3.05) is 25.0 Å². The quantitative estimate of drug-likeness (QED) is 0.607. The van der Waals surface area contributed by atoms with Crippen LogP contribution in [0.15, 0.2) is 46.4 Å². The second-order valence-corrected chi connectivity index (χ2v) is 10.7.